The van der Waals surface area contributed by atoms with Crippen LogP contribution >= 0.6 is 0 Å². The van der Waals surface area contributed by atoms with Crippen LogP contribution in [0.2, 0.25) is 0 Å². The summed E-state index contributed by atoms with van der Waals surface area (Å²) in [6.07, 6.45) is 3.75. The number of hydrogen-bond acceptors (Lipinski definition) is 9. The van der Waals surface area contributed by atoms with E-state index in [9.17, 15) is 9.59 Å². The standard InChI is InChI=1S/C26H29N5O5/c1-4-18-13-19(24-21(11-12-23(30-24)34-3)31(18)26(33)35-5-2)29-22-15-27-20(14-28-22)25(32)36-16-17-9-7-6-8-10-17/h6-12,14-15,18-19H,4-5,13,16H2,1-3H3,(H,28,29)/t18-,19+/m1/s1. The number of carbonyl (C=O) groups excluding carboxylic acids is 2. The molecule has 2 atom stereocenters. The Morgan fingerprint density at radius 2 is 1.86 bits per heavy atom. The molecule has 0 bridgehead atoms. The summed E-state index contributed by atoms with van der Waals surface area (Å²) in [5, 5.41) is 3.35. The van der Waals surface area contributed by atoms with Gasteiger partial charge in [-0.15, -0.1) is 0 Å². The summed E-state index contributed by atoms with van der Waals surface area (Å²) in [6, 6.07) is 12.6. The minimum Gasteiger partial charge on any atom is -0.481 e. The van der Waals surface area contributed by atoms with E-state index < -0.39 is 12.1 Å². The molecule has 1 aromatic carbocycles. The Bertz CT molecular complexity index is 1190. The molecule has 0 radical (unpaired) electrons. The van der Waals surface area contributed by atoms with Crippen LogP contribution in [0.25, 0.3) is 0 Å². The van der Waals surface area contributed by atoms with Crippen molar-refractivity contribution in [3.8, 4) is 5.88 Å². The summed E-state index contributed by atoms with van der Waals surface area (Å²) in [7, 11) is 1.54. The lowest BCUT2D eigenvalue weighted by Crippen LogP contribution is -2.46. The number of anilines is 2. The molecule has 0 spiro atoms. The van der Waals surface area contributed by atoms with Crippen molar-refractivity contribution in [2.45, 2.75) is 45.4 Å². The first-order valence-corrected chi connectivity index (χ1v) is 11.8. The highest BCUT2D eigenvalue weighted by Crippen LogP contribution is 2.40. The molecule has 3 aromatic rings. The monoisotopic (exact) mass is 491 g/mol. The molecule has 10 heteroatoms. The maximum Gasteiger partial charge on any atom is 0.414 e. The lowest BCUT2D eigenvalue weighted by atomic mass is 9.93. The zero-order valence-electron chi connectivity index (χ0n) is 20.5. The molecular weight excluding hydrogens is 462 g/mol. The van der Waals surface area contributed by atoms with E-state index >= 15 is 0 Å². The average molecular weight is 492 g/mol. The van der Waals surface area contributed by atoms with Crippen molar-refractivity contribution in [1.82, 2.24) is 15.0 Å². The fourth-order valence-corrected chi connectivity index (χ4v) is 4.11. The molecule has 4 rings (SSSR count). The van der Waals surface area contributed by atoms with Gasteiger partial charge >= 0.3 is 12.1 Å². The number of ether oxygens (including phenoxy) is 3. The Morgan fingerprint density at radius 1 is 1.06 bits per heavy atom. The largest absolute Gasteiger partial charge is 0.481 e. The van der Waals surface area contributed by atoms with Crippen LogP contribution in [-0.4, -0.2) is 46.8 Å². The van der Waals surface area contributed by atoms with Gasteiger partial charge in [-0.1, -0.05) is 37.3 Å². The molecule has 36 heavy (non-hydrogen) atoms. The van der Waals surface area contributed by atoms with Crippen LogP contribution in [0, 0.1) is 0 Å². The van der Waals surface area contributed by atoms with Crippen molar-refractivity contribution in [2.75, 3.05) is 23.9 Å². The molecule has 1 amide bonds. The summed E-state index contributed by atoms with van der Waals surface area (Å²) in [6.45, 7) is 4.23. The third kappa shape index (κ3) is 5.54. The van der Waals surface area contributed by atoms with Crippen LogP contribution < -0.4 is 15.0 Å². The first-order chi connectivity index (χ1) is 17.5. The van der Waals surface area contributed by atoms with Crippen molar-refractivity contribution >= 4 is 23.6 Å². The summed E-state index contributed by atoms with van der Waals surface area (Å²) in [4.78, 5) is 40.0. The Labute approximate surface area is 209 Å². The maximum absolute atomic E-state index is 12.8. The predicted octanol–water partition coefficient (Wildman–Crippen LogP) is 4.54. The number of carbonyl (C=O) groups is 2. The molecule has 3 heterocycles. The highest BCUT2D eigenvalue weighted by atomic mass is 16.6. The summed E-state index contributed by atoms with van der Waals surface area (Å²) >= 11 is 0. The minimum atomic E-state index is -0.552. The van der Waals surface area contributed by atoms with E-state index in [4.69, 9.17) is 14.2 Å². The summed E-state index contributed by atoms with van der Waals surface area (Å²) in [5.74, 6) is 0.347. The Kier molecular flexibility index (Phi) is 7.94. The Morgan fingerprint density at radius 3 is 2.53 bits per heavy atom. The van der Waals surface area contributed by atoms with Crippen molar-refractivity contribution in [3.05, 3.63) is 71.8 Å². The SMILES string of the molecule is CCOC(=O)N1c2ccc(OC)nc2[C@@H](Nc2cnc(C(=O)OCc3ccccc3)cn2)C[C@H]1CC. The number of nitrogens with zero attached hydrogens (tertiary/aromatic N) is 4. The highest BCUT2D eigenvalue weighted by molar-refractivity contribution is 5.90. The molecule has 2 aromatic heterocycles. The first kappa shape index (κ1) is 24.9. The summed E-state index contributed by atoms with van der Waals surface area (Å²) < 4.78 is 15.9. The van der Waals surface area contributed by atoms with Gasteiger partial charge in [0, 0.05) is 12.1 Å². The molecule has 0 saturated heterocycles. The summed E-state index contributed by atoms with van der Waals surface area (Å²) in [5.41, 5.74) is 2.29. The molecule has 0 fully saturated rings. The number of amides is 1. The normalized spacial score (nSPS) is 16.6. The van der Waals surface area contributed by atoms with Crippen molar-refractivity contribution in [2.24, 2.45) is 0 Å². The van der Waals surface area contributed by atoms with Crippen LogP contribution in [-0.2, 0) is 16.1 Å². The zero-order valence-corrected chi connectivity index (χ0v) is 20.5. The topological polar surface area (TPSA) is 116 Å². The lowest BCUT2D eigenvalue weighted by Gasteiger charge is -2.39. The fourth-order valence-electron chi connectivity index (χ4n) is 4.11. The molecule has 0 unspecified atom stereocenters. The first-order valence-electron chi connectivity index (χ1n) is 11.8. The number of nitrogens with one attached hydrogen (secondary N) is 1. The lowest BCUT2D eigenvalue weighted by molar-refractivity contribution is 0.0465. The smallest absolute Gasteiger partial charge is 0.414 e. The van der Waals surface area contributed by atoms with Gasteiger partial charge in [0.15, 0.2) is 5.69 Å². The van der Waals surface area contributed by atoms with Crippen LogP contribution in [0.5, 0.6) is 5.88 Å². The number of benzene rings is 1. The second-order valence-electron chi connectivity index (χ2n) is 8.17. The number of hydrogen-bond donors (Lipinski definition) is 1. The number of rotatable bonds is 8. The van der Waals surface area contributed by atoms with E-state index in [0.29, 0.717) is 29.5 Å². The molecular formula is C26H29N5O5. The van der Waals surface area contributed by atoms with Crippen LogP contribution in [0.1, 0.15) is 54.5 Å². The zero-order chi connectivity index (χ0) is 25.5. The van der Waals surface area contributed by atoms with E-state index in [-0.39, 0.29) is 31.0 Å². The number of methoxy groups -OCH3 is 1. The quantitative estimate of drug-likeness (QED) is 0.454. The third-order valence-corrected chi connectivity index (χ3v) is 5.88. The molecule has 0 aliphatic carbocycles. The molecule has 0 saturated carbocycles. The van der Waals surface area contributed by atoms with Crippen LogP contribution in [0.15, 0.2) is 54.9 Å². The van der Waals surface area contributed by atoms with Gasteiger partial charge in [0.05, 0.1) is 43.5 Å². The molecule has 10 nitrogen and oxygen atoms in total. The Hall–Kier alpha value is -4.21. The predicted molar refractivity (Wildman–Crippen MR) is 133 cm³/mol. The molecule has 188 valence electrons. The van der Waals surface area contributed by atoms with Gasteiger partial charge in [-0.2, -0.15) is 0 Å². The van der Waals surface area contributed by atoms with E-state index in [1.807, 2.05) is 43.3 Å². The van der Waals surface area contributed by atoms with Crippen molar-refractivity contribution in [3.63, 3.8) is 0 Å². The minimum absolute atomic E-state index is 0.107. The highest BCUT2D eigenvalue weighted by Gasteiger charge is 2.37. The van der Waals surface area contributed by atoms with Gasteiger partial charge in [0.25, 0.3) is 0 Å². The Balaban J connectivity index is 1.52. The second kappa shape index (κ2) is 11.5. The van der Waals surface area contributed by atoms with Crippen LogP contribution in [0.3, 0.4) is 0 Å². The van der Waals surface area contributed by atoms with Gasteiger partial charge in [0.2, 0.25) is 5.88 Å². The van der Waals surface area contributed by atoms with Crippen molar-refractivity contribution in [1.29, 1.82) is 0 Å². The van der Waals surface area contributed by atoms with E-state index in [1.165, 1.54) is 12.4 Å². The van der Waals surface area contributed by atoms with Crippen molar-refractivity contribution < 1.29 is 23.8 Å². The van der Waals surface area contributed by atoms with Gasteiger partial charge < -0.3 is 19.5 Å². The van der Waals surface area contributed by atoms with Gasteiger partial charge in [-0.25, -0.2) is 24.5 Å². The molecule has 1 aliphatic heterocycles. The third-order valence-electron chi connectivity index (χ3n) is 5.88. The van der Waals surface area contributed by atoms with E-state index in [0.717, 1.165) is 12.0 Å². The van der Waals surface area contributed by atoms with Crippen LogP contribution in [0.4, 0.5) is 16.3 Å². The molecule has 1 N–H and O–H groups in total. The molecule has 1 aliphatic rings. The number of fused-ring (bicyclic) bond motifs is 1. The number of pyridine rings is 1. The number of esters is 1. The van der Waals surface area contributed by atoms with Gasteiger partial charge in [-0.3, -0.25) is 4.90 Å². The van der Waals surface area contributed by atoms with Gasteiger partial charge in [-0.05, 0) is 31.4 Å². The van der Waals surface area contributed by atoms with E-state index in [1.54, 1.807) is 25.0 Å². The maximum atomic E-state index is 12.8. The second-order valence-corrected chi connectivity index (χ2v) is 8.17. The van der Waals surface area contributed by atoms with E-state index in [2.05, 4.69) is 20.3 Å². The van der Waals surface area contributed by atoms with Gasteiger partial charge in [0.1, 0.15) is 12.4 Å². The fraction of sp³-hybridized carbons (Fsp3) is 0.346. The average Bonchev–Trinajstić information content (AvgIpc) is 2.92. The number of aromatic nitrogens is 3.